The van der Waals surface area contributed by atoms with Gasteiger partial charge >= 0.3 is 6.09 Å². The lowest BCUT2D eigenvalue weighted by Crippen LogP contribution is -2.47. The van der Waals surface area contributed by atoms with Gasteiger partial charge in [-0.1, -0.05) is 43.2 Å². The highest BCUT2D eigenvalue weighted by atomic mass is 35.5. The molecule has 18 heteroatoms. The number of sulfonamides is 1. The van der Waals surface area contributed by atoms with Gasteiger partial charge in [0.2, 0.25) is 0 Å². The van der Waals surface area contributed by atoms with Crippen LogP contribution >= 0.6 is 11.6 Å². The molecule has 2 N–H and O–H groups in total. The molecule has 2 amide bonds. The number of pyridine rings is 1. The third-order valence-electron chi connectivity index (χ3n) is 12.5. The molecule has 1 aliphatic carbocycles. The van der Waals surface area contributed by atoms with Gasteiger partial charge in [0.05, 0.1) is 40.3 Å². The van der Waals surface area contributed by atoms with Gasteiger partial charge in [0, 0.05) is 85.7 Å². The van der Waals surface area contributed by atoms with Gasteiger partial charge in [-0.3, -0.25) is 19.8 Å². The molecule has 0 bridgehead atoms. The number of fused-ring (bicyclic) bond motifs is 2. The maximum absolute atomic E-state index is 14.0. The number of hydrogen-bond donors (Lipinski definition) is 2. The largest absolute Gasteiger partial charge is 0.493 e. The molecule has 0 unspecified atom stereocenters. The number of nitrogens with zero attached hydrogens (tertiary/aromatic N) is 5. The van der Waals surface area contributed by atoms with Crippen LogP contribution in [0.5, 0.6) is 17.2 Å². The van der Waals surface area contributed by atoms with E-state index in [-0.39, 0.29) is 60.1 Å². The molecule has 2 aromatic heterocycles. The van der Waals surface area contributed by atoms with Gasteiger partial charge in [0.25, 0.3) is 21.6 Å². The summed E-state index contributed by atoms with van der Waals surface area (Å²) in [5.74, 6) is -0.835. The van der Waals surface area contributed by atoms with Crippen molar-refractivity contribution in [2.24, 2.45) is 11.3 Å². The van der Waals surface area contributed by atoms with E-state index in [0.717, 1.165) is 61.1 Å². The van der Waals surface area contributed by atoms with E-state index in [1.807, 2.05) is 18.2 Å². The molecular weight excluding hydrogens is 862 g/mol. The molecule has 3 aromatic carbocycles. The number of H-pyrrole nitrogens is 1. The Kier molecular flexibility index (Phi) is 11.7. The molecule has 0 saturated carbocycles. The minimum Gasteiger partial charge on any atom is -0.493 e. The van der Waals surface area contributed by atoms with Gasteiger partial charge in [0.1, 0.15) is 29.5 Å². The van der Waals surface area contributed by atoms with Crippen LogP contribution in [0.4, 0.5) is 16.2 Å². The van der Waals surface area contributed by atoms with Crippen molar-refractivity contribution < 1.29 is 37.1 Å². The number of benzene rings is 3. The van der Waals surface area contributed by atoms with E-state index in [2.05, 4.69) is 50.5 Å². The van der Waals surface area contributed by atoms with Gasteiger partial charge in [-0.2, -0.15) is 0 Å². The third kappa shape index (κ3) is 9.23. The first-order valence-electron chi connectivity index (χ1n) is 21.3. The van der Waals surface area contributed by atoms with Crippen molar-refractivity contribution in [2.45, 2.75) is 44.4 Å². The number of hydrogen-bond acceptors (Lipinski definition) is 12. The number of aromatic nitrogens is 2. The van der Waals surface area contributed by atoms with Gasteiger partial charge in [-0.15, -0.1) is 0 Å². The molecule has 5 aromatic rings. The number of anilines is 1. The van der Waals surface area contributed by atoms with E-state index in [0.29, 0.717) is 31.0 Å². The lowest BCUT2D eigenvalue weighted by molar-refractivity contribution is -0.386. The number of nitro groups is 1. The number of carbonyl (C=O) groups is 2. The standard InChI is InChI=1S/C46H48ClN7O9S/c1-46(2)11-9-32(39(24-46)30-3-5-33(47)6-4-30)27-51-13-15-52(16-14-51)34-7-8-37(42(21-34)63-35-20-31-10-12-48-43(31)49-25-35)44(55)50-64(59,60)36-22-40(54(57)58)38-19-29(28-62-41(38)23-36)26-53-17-18-61-45(53)56/h3-8,10,12,20-23,25,29H,9,11,13-19,24,26-28H2,1-2H3,(H,48,49)(H,50,55)/t29-/m0/s1. The lowest BCUT2D eigenvalue weighted by atomic mass is 9.72. The Balaban J connectivity index is 0.942. The number of halogens is 1. The summed E-state index contributed by atoms with van der Waals surface area (Å²) in [6.07, 6.45) is 6.13. The summed E-state index contributed by atoms with van der Waals surface area (Å²) < 4.78 is 47.1. The number of allylic oxidation sites excluding steroid dienone is 1. The number of carbonyl (C=O) groups excluding carboxylic acids is 2. The second-order valence-electron chi connectivity index (χ2n) is 17.6. The van der Waals surface area contributed by atoms with Crippen LogP contribution in [0.15, 0.2) is 89.6 Å². The summed E-state index contributed by atoms with van der Waals surface area (Å²) in [4.78, 5) is 50.8. The number of nitro benzene ring substituents is 1. The van der Waals surface area contributed by atoms with E-state index < -0.39 is 37.5 Å². The molecular formula is C46H48ClN7O9S. The molecule has 2 fully saturated rings. The monoisotopic (exact) mass is 909 g/mol. The SMILES string of the molecule is CC1(C)CCC(CN2CCN(c3ccc(C(=O)NS(=O)(=O)c4cc5c(c([N+](=O)[O-])c4)C[C@@H](CN4CCOC4=O)CO5)c(Oc4cnc5[nH]ccc5c4)c3)CC2)=C(c2ccc(Cl)cc2)C1. The van der Waals surface area contributed by atoms with Crippen molar-refractivity contribution in [3.8, 4) is 17.2 Å². The first-order chi connectivity index (χ1) is 30.7. The van der Waals surface area contributed by atoms with E-state index in [9.17, 15) is 28.1 Å². The summed E-state index contributed by atoms with van der Waals surface area (Å²) >= 11 is 6.24. The number of aromatic amines is 1. The van der Waals surface area contributed by atoms with Crippen LogP contribution in [0.3, 0.4) is 0 Å². The molecule has 9 rings (SSSR count). The second kappa shape index (κ2) is 17.4. The summed E-state index contributed by atoms with van der Waals surface area (Å²) in [6.45, 7) is 9.56. The Bertz CT molecular complexity index is 2790. The Morgan fingerprint density at radius 2 is 1.84 bits per heavy atom. The average Bonchev–Trinajstić information content (AvgIpc) is 3.92. The Morgan fingerprint density at radius 1 is 1.05 bits per heavy atom. The van der Waals surface area contributed by atoms with E-state index >= 15 is 0 Å². The fourth-order valence-corrected chi connectivity index (χ4v) is 10.2. The molecule has 5 heterocycles. The maximum atomic E-state index is 14.0. The number of cyclic esters (lactones) is 1. The van der Waals surface area contributed by atoms with Crippen molar-refractivity contribution in [2.75, 3.05) is 63.9 Å². The number of amides is 2. The highest BCUT2D eigenvalue weighted by Crippen LogP contribution is 2.44. The summed E-state index contributed by atoms with van der Waals surface area (Å²) in [5.41, 5.74) is 5.38. The zero-order valence-corrected chi connectivity index (χ0v) is 37.0. The number of nitrogens with one attached hydrogen (secondary N) is 2. The Morgan fingerprint density at radius 3 is 2.59 bits per heavy atom. The van der Waals surface area contributed by atoms with Crippen LogP contribution in [0, 0.1) is 21.4 Å². The van der Waals surface area contributed by atoms with E-state index in [1.165, 1.54) is 39.9 Å². The van der Waals surface area contributed by atoms with Crippen LogP contribution in [-0.2, 0) is 21.2 Å². The van der Waals surface area contributed by atoms with Crippen molar-refractivity contribution in [3.63, 3.8) is 0 Å². The molecule has 334 valence electrons. The highest BCUT2D eigenvalue weighted by Gasteiger charge is 2.35. The van der Waals surface area contributed by atoms with Gasteiger partial charge in [-0.05, 0) is 78.6 Å². The van der Waals surface area contributed by atoms with Gasteiger partial charge < -0.3 is 29.0 Å². The number of ether oxygens (including phenoxy) is 3. The van der Waals surface area contributed by atoms with Crippen molar-refractivity contribution in [3.05, 3.63) is 117 Å². The minimum absolute atomic E-state index is 0.0183. The number of rotatable bonds is 12. The fourth-order valence-electron chi connectivity index (χ4n) is 9.05. The fraction of sp³-hybridized carbons (Fsp3) is 0.370. The van der Waals surface area contributed by atoms with Crippen LogP contribution in [0.2, 0.25) is 5.02 Å². The number of piperazine rings is 1. The quantitative estimate of drug-likeness (QED) is 0.0914. The Labute approximate surface area is 375 Å². The van der Waals surface area contributed by atoms with Crippen LogP contribution < -0.4 is 19.1 Å². The maximum Gasteiger partial charge on any atom is 0.409 e. The summed E-state index contributed by atoms with van der Waals surface area (Å²) in [7, 11) is -4.68. The minimum atomic E-state index is -4.68. The molecule has 1 atom stereocenters. The van der Waals surface area contributed by atoms with Crippen LogP contribution in [-0.4, -0.2) is 104 Å². The molecule has 3 aliphatic heterocycles. The van der Waals surface area contributed by atoms with E-state index in [4.69, 9.17) is 25.8 Å². The van der Waals surface area contributed by atoms with Crippen LogP contribution in [0.1, 0.15) is 54.6 Å². The first-order valence-corrected chi connectivity index (χ1v) is 23.2. The molecule has 0 spiro atoms. The Hall–Kier alpha value is -6.17. The molecule has 0 radical (unpaired) electrons. The highest BCUT2D eigenvalue weighted by molar-refractivity contribution is 7.90. The van der Waals surface area contributed by atoms with Crippen molar-refractivity contribution in [1.29, 1.82) is 0 Å². The predicted molar refractivity (Wildman–Crippen MR) is 241 cm³/mol. The molecule has 2 saturated heterocycles. The van der Waals surface area contributed by atoms with E-state index in [1.54, 1.807) is 24.4 Å². The van der Waals surface area contributed by atoms with Crippen molar-refractivity contribution in [1.82, 2.24) is 24.5 Å². The average molecular weight is 910 g/mol. The van der Waals surface area contributed by atoms with Crippen molar-refractivity contribution >= 4 is 61.6 Å². The second-order valence-corrected chi connectivity index (χ2v) is 19.7. The van der Waals surface area contributed by atoms with Crippen LogP contribution in [0.25, 0.3) is 16.6 Å². The summed E-state index contributed by atoms with van der Waals surface area (Å²) in [6, 6.07) is 18.8. The third-order valence-corrected chi connectivity index (χ3v) is 14.1. The zero-order chi connectivity index (χ0) is 44.8. The predicted octanol–water partition coefficient (Wildman–Crippen LogP) is 7.82. The molecule has 4 aliphatic rings. The first kappa shape index (κ1) is 43.1. The normalized spacial score (nSPS) is 19.0. The summed E-state index contributed by atoms with van der Waals surface area (Å²) in [5, 5.41) is 13.8. The topological polar surface area (TPSA) is 190 Å². The lowest BCUT2D eigenvalue weighted by Gasteiger charge is -2.39. The molecule has 64 heavy (non-hydrogen) atoms. The molecule has 16 nitrogen and oxygen atoms in total. The van der Waals surface area contributed by atoms with Gasteiger partial charge in [-0.25, -0.2) is 22.9 Å². The smallest absolute Gasteiger partial charge is 0.409 e. The van der Waals surface area contributed by atoms with Gasteiger partial charge in [0.15, 0.2) is 0 Å². The zero-order valence-electron chi connectivity index (χ0n) is 35.5.